The number of nitrogens with zero attached hydrogens (tertiary/aromatic N) is 1. The quantitative estimate of drug-likeness (QED) is 0.727. The molecule has 0 aliphatic rings. The Bertz CT molecular complexity index is 465. The zero-order valence-electron chi connectivity index (χ0n) is 8.87. The molecule has 0 N–H and O–H groups in total. The highest BCUT2D eigenvalue weighted by Crippen LogP contribution is 2.34. The number of thiophene rings is 1. The molecule has 0 unspecified atom stereocenters. The van der Waals surface area contributed by atoms with E-state index in [0.717, 1.165) is 9.48 Å². The number of thiazole rings is 1. The van der Waals surface area contributed by atoms with Crippen LogP contribution in [0.15, 0.2) is 21.3 Å². The van der Waals surface area contributed by atoms with E-state index in [4.69, 9.17) is 0 Å². The molecule has 0 aromatic carbocycles. The van der Waals surface area contributed by atoms with Gasteiger partial charge < -0.3 is 0 Å². The molecule has 2 heterocycles. The first-order chi connectivity index (χ1) is 6.97. The largest absolute Gasteiger partial charge is 0.240 e. The molecule has 0 amide bonds. The molecule has 0 radical (unpaired) electrons. The number of hydrogen-bond acceptors (Lipinski definition) is 3. The Morgan fingerprint density at radius 1 is 1.20 bits per heavy atom. The van der Waals surface area contributed by atoms with E-state index < -0.39 is 0 Å². The number of rotatable bonds is 1. The first kappa shape index (κ1) is 11.3. The zero-order chi connectivity index (χ0) is 11.1. The normalized spacial score (nSPS) is 12.0. The van der Waals surface area contributed by atoms with E-state index in [-0.39, 0.29) is 5.41 Å². The molecule has 0 saturated heterocycles. The summed E-state index contributed by atoms with van der Waals surface area (Å²) in [6.45, 7) is 6.57. The minimum absolute atomic E-state index is 0.142. The average molecular weight is 302 g/mol. The van der Waals surface area contributed by atoms with Crippen LogP contribution in [0.25, 0.3) is 9.88 Å². The van der Waals surface area contributed by atoms with Crippen LogP contribution in [-0.4, -0.2) is 4.98 Å². The Morgan fingerprint density at radius 2 is 1.93 bits per heavy atom. The maximum Gasteiger partial charge on any atom is 0.133 e. The summed E-state index contributed by atoms with van der Waals surface area (Å²) in [7, 11) is 0. The van der Waals surface area contributed by atoms with E-state index in [2.05, 4.69) is 58.5 Å². The van der Waals surface area contributed by atoms with Crippen LogP contribution in [0, 0.1) is 0 Å². The molecular weight excluding hydrogens is 290 g/mol. The van der Waals surface area contributed by atoms with Crippen LogP contribution < -0.4 is 0 Å². The summed E-state index contributed by atoms with van der Waals surface area (Å²) < 4.78 is 1.13. The topological polar surface area (TPSA) is 12.9 Å². The molecule has 2 aromatic heterocycles. The van der Waals surface area contributed by atoms with Gasteiger partial charge in [0.25, 0.3) is 0 Å². The molecular formula is C11H12BrNS2. The van der Waals surface area contributed by atoms with Gasteiger partial charge in [-0.15, -0.1) is 22.7 Å². The Labute approximate surface area is 106 Å². The van der Waals surface area contributed by atoms with Crippen molar-refractivity contribution in [3.63, 3.8) is 0 Å². The molecule has 80 valence electrons. The second kappa shape index (κ2) is 4.00. The fourth-order valence-electron chi connectivity index (χ4n) is 1.16. The van der Waals surface area contributed by atoms with Gasteiger partial charge in [0.2, 0.25) is 0 Å². The zero-order valence-corrected chi connectivity index (χ0v) is 12.1. The lowest BCUT2D eigenvalue weighted by molar-refractivity contribution is 0.573. The van der Waals surface area contributed by atoms with Crippen molar-refractivity contribution in [2.24, 2.45) is 0 Å². The fourth-order valence-corrected chi connectivity index (χ4v) is 3.71. The molecule has 0 bridgehead atoms. The minimum Gasteiger partial charge on any atom is -0.240 e. The highest BCUT2D eigenvalue weighted by Gasteiger charge is 2.18. The molecule has 1 nitrogen and oxygen atoms in total. The molecule has 0 aliphatic heterocycles. The Morgan fingerprint density at radius 3 is 2.40 bits per heavy atom. The Balaban J connectivity index is 2.36. The van der Waals surface area contributed by atoms with Crippen LogP contribution >= 0.6 is 38.6 Å². The molecule has 2 rings (SSSR count). The van der Waals surface area contributed by atoms with Crippen molar-refractivity contribution in [3.8, 4) is 9.88 Å². The van der Waals surface area contributed by atoms with Gasteiger partial charge in [0.15, 0.2) is 0 Å². The van der Waals surface area contributed by atoms with Crippen molar-refractivity contribution < 1.29 is 0 Å². The van der Waals surface area contributed by atoms with Gasteiger partial charge in [-0.25, -0.2) is 4.98 Å². The third-order valence-corrected chi connectivity index (χ3v) is 4.75. The molecule has 0 fully saturated rings. The second-order valence-corrected chi connectivity index (χ2v) is 7.10. The summed E-state index contributed by atoms with van der Waals surface area (Å²) in [6, 6.07) is 2.12. The van der Waals surface area contributed by atoms with E-state index >= 15 is 0 Å². The van der Waals surface area contributed by atoms with Crippen molar-refractivity contribution in [2.45, 2.75) is 26.2 Å². The van der Waals surface area contributed by atoms with Gasteiger partial charge in [-0.3, -0.25) is 0 Å². The summed E-state index contributed by atoms with van der Waals surface area (Å²) in [5.74, 6) is 0. The van der Waals surface area contributed by atoms with Crippen molar-refractivity contribution in [1.82, 2.24) is 4.98 Å². The average Bonchev–Trinajstić information content (AvgIpc) is 2.69. The standard InChI is InChI=1S/C11H12BrNS2/c1-11(2,3)9-6-15-10(13-9)8-4-7(12)5-14-8/h4-6H,1-3H3. The van der Waals surface area contributed by atoms with Crippen LogP contribution in [0.2, 0.25) is 0 Å². The third-order valence-electron chi connectivity index (χ3n) is 2.05. The Hall–Kier alpha value is -0.190. The predicted molar refractivity (Wildman–Crippen MR) is 71.8 cm³/mol. The number of halogens is 1. The van der Waals surface area contributed by atoms with E-state index in [0.29, 0.717) is 0 Å². The molecule has 0 saturated carbocycles. The maximum atomic E-state index is 4.67. The van der Waals surface area contributed by atoms with Crippen molar-refractivity contribution in [2.75, 3.05) is 0 Å². The summed E-state index contributed by atoms with van der Waals surface area (Å²) in [6.07, 6.45) is 0. The Kier molecular flexibility index (Phi) is 3.01. The molecule has 0 aliphatic carbocycles. The van der Waals surface area contributed by atoms with Crippen LogP contribution in [-0.2, 0) is 5.41 Å². The van der Waals surface area contributed by atoms with Crippen LogP contribution in [0.3, 0.4) is 0 Å². The molecule has 15 heavy (non-hydrogen) atoms. The highest BCUT2D eigenvalue weighted by molar-refractivity contribution is 9.10. The first-order valence-electron chi connectivity index (χ1n) is 4.67. The monoisotopic (exact) mass is 301 g/mol. The minimum atomic E-state index is 0.142. The maximum absolute atomic E-state index is 4.67. The SMILES string of the molecule is CC(C)(C)c1csc(-c2cc(Br)cs2)n1. The third kappa shape index (κ3) is 2.49. The van der Waals surface area contributed by atoms with Gasteiger partial charge in [0, 0.05) is 20.6 Å². The molecule has 0 spiro atoms. The van der Waals surface area contributed by atoms with E-state index in [1.165, 1.54) is 10.6 Å². The van der Waals surface area contributed by atoms with Gasteiger partial charge >= 0.3 is 0 Å². The van der Waals surface area contributed by atoms with Crippen molar-refractivity contribution in [1.29, 1.82) is 0 Å². The van der Waals surface area contributed by atoms with E-state index in [9.17, 15) is 0 Å². The lowest BCUT2D eigenvalue weighted by atomic mass is 9.93. The van der Waals surface area contributed by atoms with Crippen LogP contribution in [0.5, 0.6) is 0 Å². The van der Waals surface area contributed by atoms with Crippen LogP contribution in [0.4, 0.5) is 0 Å². The lowest BCUT2D eigenvalue weighted by Gasteiger charge is -2.14. The molecule has 0 atom stereocenters. The van der Waals surface area contributed by atoms with Gasteiger partial charge in [-0.2, -0.15) is 0 Å². The van der Waals surface area contributed by atoms with E-state index in [1.54, 1.807) is 22.7 Å². The summed E-state index contributed by atoms with van der Waals surface area (Å²) in [5.41, 5.74) is 1.32. The van der Waals surface area contributed by atoms with Crippen molar-refractivity contribution >= 4 is 38.6 Å². The van der Waals surface area contributed by atoms with Crippen LogP contribution in [0.1, 0.15) is 26.5 Å². The summed E-state index contributed by atoms with van der Waals surface area (Å²) in [4.78, 5) is 5.91. The highest BCUT2D eigenvalue weighted by atomic mass is 79.9. The van der Waals surface area contributed by atoms with Gasteiger partial charge in [0.1, 0.15) is 5.01 Å². The van der Waals surface area contributed by atoms with Crippen molar-refractivity contribution in [3.05, 3.63) is 27.0 Å². The second-order valence-electron chi connectivity index (χ2n) is 4.42. The first-order valence-corrected chi connectivity index (χ1v) is 7.22. The summed E-state index contributed by atoms with van der Waals surface area (Å²) >= 11 is 6.91. The molecule has 2 aromatic rings. The summed E-state index contributed by atoms with van der Waals surface area (Å²) in [5, 5.41) is 5.37. The smallest absolute Gasteiger partial charge is 0.133 e. The van der Waals surface area contributed by atoms with Gasteiger partial charge in [-0.05, 0) is 22.0 Å². The number of hydrogen-bond donors (Lipinski definition) is 0. The lowest BCUT2D eigenvalue weighted by Crippen LogP contribution is -2.11. The van der Waals surface area contributed by atoms with Gasteiger partial charge in [0.05, 0.1) is 10.6 Å². The predicted octanol–water partition coefficient (Wildman–Crippen LogP) is 4.93. The number of aromatic nitrogens is 1. The van der Waals surface area contributed by atoms with Gasteiger partial charge in [-0.1, -0.05) is 20.8 Å². The van der Waals surface area contributed by atoms with E-state index in [1.807, 2.05) is 0 Å². The fraction of sp³-hybridized carbons (Fsp3) is 0.364. The molecule has 4 heteroatoms.